The zero-order chi connectivity index (χ0) is 28.6. The number of carbonyl (C=O) groups excluding carboxylic acids is 3. The Balaban J connectivity index is 1.46. The normalized spacial score (nSPS) is 16.2. The van der Waals surface area contributed by atoms with Crippen molar-refractivity contribution in [1.82, 2.24) is 19.6 Å². The molecule has 1 aromatic carbocycles. The number of amides is 3. The molecule has 0 bridgehead atoms. The molecule has 1 aliphatic rings. The quantitative estimate of drug-likeness (QED) is 0.321. The highest BCUT2D eigenvalue weighted by molar-refractivity contribution is 7.20. The summed E-state index contributed by atoms with van der Waals surface area (Å²) in [5.41, 5.74) is 1.49. The van der Waals surface area contributed by atoms with Crippen LogP contribution >= 0.6 is 11.3 Å². The van der Waals surface area contributed by atoms with Crippen molar-refractivity contribution >= 4 is 40.0 Å². The Morgan fingerprint density at radius 3 is 2.67 bits per heavy atom. The second kappa shape index (κ2) is 13.3. The summed E-state index contributed by atoms with van der Waals surface area (Å²) >= 11 is 1.53. The zero-order valence-corrected chi connectivity index (χ0v) is 23.8. The molecular weight excluding hydrogens is 526 g/mol. The van der Waals surface area contributed by atoms with E-state index < -0.39 is 24.1 Å². The van der Waals surface area contributed by atoms with E-state index in [1.807, 2.05) is 67.8 Å². The smallest absolute Gasteiger partial charge is 0.408 e. The number of carbonyl (C=O) groups is 3. The van der Waals surface area contributed by atoms with Gasteiger partial charge in [-0.3, -0.25) is 14.0 Å². The number of anilines is 1. The van der Waals surface area contributed by atoms with Gasteiger partial charge in [0.15, 0.2) is 10.8 Å². The van der Waals surface area contributed by atoms with Gasteiger partial charge < -0.3 is 20.3 Å². The Morgan fingerprint density at radius 2 is 1.98 bits per heavy atom. The van der Waals surface area contributed by atoms with Crippen LogP contribution in [-0.4, -0.2) is 57.4 Å². The van der Waals surface area contributed by atoms with Crippen molar-refractivity contribution in [2.45, 2.75) is 45.7 Å². The summed E-state index contributed by atoms with van der Waals surface area (Å²) in [5, 5.41) is 5.52. The number of benzene rings is 1. The standard InChI is InChI=1S/C30H35N5O4S/c1-5-6-8-12-21(4)26(33-30(38)39-19-20(2)3)28(37)35-16-11-15-23(35)27(36)31-25-18-34-17-24(40-29(34)32-25)22-13-9-7-10-14-22/h5-10,12-14,17-18,20,23,26H,4,11,15-16,19H2,1-3H3,(H,31,36)(H,33,38). The molecule has 1 saturated heterocycles. The van der Waals surface area contributed by atoms with Gasteiger partial charge in [0.2, 0.25) is 5.91 Å². The van der Waals surface area contributed by atoms with E-state index in [4.69, 9.17) is 4.74 Å². The minimum Gasteiger partial charge on any atom is -0.449 e. The highest BCUT2D eigenvalue weighted by Crippen LogP contribution is 2.29. The van der Waals surface area contributed by atoms with Gasteiger partial charge in [0.05, 0.1) is 17.7 Å². The van der Waals surface area contributed by atoms with Gasteiger partial charge in [0.1, 0.15) is 12.1 Å². The number of imidazole rings is 1. The highest BCUT2D eigenvalue weighted by atomic mass is 32.1. The van der Waals surface area contributed by atoms with Crippen LogP contribution in [-0.2, 0) is 14.3 Å². The van der Waals surface area contributed by atoms with Crippen molar-refractivity contribution in [3.63, 3.8) is 0 Å². The second-order valence-electron chi connectivity index (χ2n) is 9.99. The Hall–Kier alpha value is -4.18. The fourth-order valence-electron chi connectivity index (χ4n) is 4.37. The van der Waals surface area contributed by atoms with Crippen LogP contribution < -0.4 is 10.6 Å². The van der Waals surface area contributed by atoms with Gasteiger partial charge in [-0.25, -0.2) is 9.78 Å². The van der Waals surface area contributed by atoms with Crippen LogP contribution in [0, 0.1) is 5.92 Å². The van der Waals surface area contributed by atoms with E-state index in [-0.39, 0.29) is 18.4 Å². The number of aromatic nitrogens is 2. The summed E-state index contributed by atoms with van der Waals surface area (Å²) in [6, 6.07) is 8.26. The fraction of sp³-hybridized carbons (Fsp3) is 0.333. The molecule has 210 valence electrons. The van der Waals surface area contributed by atoms with Crippen LogP contribution in [0.5, 0.6) is 0 Å². The number of hydrogen-bond donors (Lipinski definition) is 2. The van der Waals surface area contributed by atoms with Gasteiger partial charge in [-0.2, -0.15) is 0 Å². The van der Waals surface area contributed by atoms with Crippen LogP contribution in [0.1, 0.15) is 33.6 Å². The maximum Gasteiger partial charge on any atom is 0.408 e. The molecule has 0 spiro atoms. The minimum atomic E-state index is -1.07. The van der Waals surface area contributed by atoms with Gasteiger partial charge in [-0.1, -0.05) is 86.4 Å². The molecule has 0 saturated carbocycles. The van der Waals surface area contributed by atoms with Crippen LogP contribution in [0.15, 0.2) is 79.2 Å². The van der Waals surface area contributed by atoms with Crippen LogP contribution in [0.4, 0.5) is 10.6 Å². The molecule has 2 aromatic heterocycles. The molecule has 2 N–H and O–H groups in total. The summed E-state index contributed by atoms with van der Waals surface area (Å²) < 4.78 is 7.12. The molecule has 4 rings (SSSR count). The number of nitrogens with zero attached hydrogens (tertiary/aromatic N) is 3. The van der Waals surface area contributed by atoms with Crippen LogP contribution in [0.3, 0.4) is 0 Å². The number of fused-ring (bicyclic) bond motifs is 1. The molecule has 3 aromatic rings. The summed E-state index contributed by atoms with van der Waals surface area (Å²) in [6.45, 7) is 10.3. The third-order valence-electron chi connectivity index (χ3n) is 6.35. The first-order valence-corrected chi connectivity index (χ1v) is 14.1. The third kappa shape index (κ3) is 7.06. The fourth-order valence-corrected chi connectivity index (χ4v) is 5.34. The Kier molecular flexibility index (Phi) is 9.55. The van der Waals surface area contributed by atoms with E-state index in [2.05, 4.69) is 22.2 Å². The molecule has 0 aliphatic carbocycles. The molecule has 0 radical (unpaired) electrons. The Morgan fingerprint density at radius 1 is 1.20 bits per heavy atom. The van der Waals surface area contributed by atoms with Crippen LogP contribution in [0.2, 0.25) is 0 Å². The average molecular weight is 562 g/mol. The number of nitrogens with one attached hydrogen (secondary N) is 2. The monoisotopic (exact) mass is 561 g/mol. The first kappa shape index (κ1) is 28.8. The van der Waals surface area contributed by atoms with Crippen molar-refractivity contribution in [3.8, 4) is 10.4 Å². The number of rotatable bonds is 10. The predicted molar refractivity (Wildman–Crippen MR) is 158 cm³/mol. The molecule has 1 fully saturated rings. The van der Waals surface area contributed by atoms with Crippen molar-refractivity contribution in [2.75, 3.05) is 18.5 Å². The average Bonchev–Trinajstić information content (AvgIpc) is 3.66. The largest absolute Gasteiger partial charge is 0.449 e. The number of likely N-dealkylation sites (tertiary alicyclic amines) is 1. The van der Waals surface area contributed by atoms with Crippen molar-refractivity contribution in [3.05, 3.63) is 79.2 Å². The summed E-state index contributed by atoms with van der Waals surface area (Å²) in [7, 11) is 0. The molecule has 3 heterocycles. The number of thiazole rings is 1. The minimum absolute atomic E-state index is 0.146. The maximum atomic E-state index is 13.7. The van der Waals surface area contributed by atoms with Gasteiger partial charge in [-0.05, 0) is 36.8 Å². The van der Waals surface area contributed by atoms with Gasteiger partial charge in [0, 0.05) is 12.7 Å². The third-order valence-corrected chi connectivity index (χ3v) is 7.39. The van der Waals surface area contributed by atoms with Crippen LogP contribution in [0.25, 0.3) is 15.4 Å². The SMILES string of the molecule is C=C(C=CC=CC)C(NC(=O)OCC(C)C)C(=O)N1CCCC1C(=O)Nc1cn2cc(-c3ccccc3)sc2n1. The molecule has 2 unspecified atom stereocenters. The summed E-state index contributed by atoms with van der Waals surface area (Å²) in [5.74, 6) is -0.169. The van der Waals surface area contributed by atoms with E-state index >= 15 is 0 Å². The van der Waals surface area contributed by atoms with Gasteiger partial charge in [-0.15, -0.1) is 0 Å². The van der Waals surface area contributed by atoms with E-state index in [1.54, 1.807) is 24.4 Å². The van der Waals surface area contributed by atoms with Gasteiger partial charge >= 0.3 is 6.09 Å². The van der Waals surface area contributed by atoms with Gasteiger partial charge in [0.25, 0.3) is 5.91 Å². The lowest BCUT2D eigenvalue weighted by atomic mass is 10.1. The topological polar surface area (TPSA) is 105 Å². The summed E-state index contributed by atoms with van der Waals surface area (Å²) in [6.07, 6.45) is 11.2. The molecule has 40 heavy (non-hydrogen) atoms. The van der Waals surface area contributed by atoms with Crippen molar-refractivity contribution in [2.24, 2.45) is 5.92 Å². The molecule has 3 amide bonds. The molecule has 9 nitrogen and oxygen atoms in total. The number of allylic oxidation sites excluding steroid dienone is 3. The Labute approximate surface area is 238 Å². The van der Waals surface area contributed by atoms with E-state index in [9.17, 15) is 14.4 Å². The lowest BCUT2D eigenvalue weighted by Crippen LogP contribution is -2.53. The molecule has 1 aliphatic heterocycles. The lowest BCUT2D eigenvalue weighted by molar-refractivity contribution is -0.137. The Bertz CT molecular complexity index is 1390. The van der Waals surface area contributed by atoms with E-state index in [1.165, 1.54) is 16.2 Å². The molecular formula is C30H35N5O4S. The lowest BCUT2D eigenvalue weighted by Gasteiger charge is -2.28. The number of ether oxygens (including phenoxy) is 1. The van der Waals surface area contributed by atoms with E-state index in [0.29, 0.717) is 30.8 Å². The summed E-state index contributed by atoms with van der Waals surface area (Å²) in [4.78, 5) is 47.3. The van der Waals surface area contributed by atoms with Crippen molar-refractivity contribution < 1.29 is 19.1 Å². The maximum absolute atomic E-state index is 13.7. The number of alkyl carbamates (subject to hydrolysis) is 1. The first-order valence-electron chi connectivity index (χ1n) is 13.3. The highest BCUT2D eigenvalue weighted by Gasteiger charge is 2.38. The van der Waals surface area contributed by atoms with E-state index in [0.717, 1.165) is 15.4 Å². The first-order chi connectivity index (χ1) is 19.3. The second-order valence-corrected chi connectivity index (χ2v) is 11.0. The molecule has 10 heteroatoms. The number of hydrogen-bond acceptors (Lipinski definition) is 6. The zero-order valence-electron chi connectivity index (χ0n) is 23.0. The van der Waals surface area contributed by atoms with Crippen molar-refractivity contribution in [1.29, 1.82) is 0 Å². The predicted octanol–water partition coefficient (Wildman–Crippen LogP) is 5.43. The molecule has 2 atom stereocenters.